The second kappa shape index (κ2) is 6.01. The van der Waals surface area contributed by atoms with E-state index in [1.807, 2.05) is 11.8 Å². The second-order valence-electron chi connectivity index (χ2n) is 5.66. The minimum Gasteiger partial charge on any atom is -0.379 e. The van der Waals surface area contributed by atoms with Gasteiger partial charge in [0.1, 0.15) is 0 Å². The van der Waals surface area contributed by atoms with E-state index in [1.54, 1.807) is 0 Å². The maximum absolute atomic E-state index is 6.21. The summed E-state index contributed by atoms with van der Waals surface area (Å²) in [5.74, 6) is 2.52. The Morgan fingerprint density at radius 1 is 1.45 bits per heavy atom. The molecule has 112 valence electrons. The van der Waals surface area contributed by atoms with E-state index in [0.29, 0.717) is 5.82 Å². The number of rotatable bonds is 4. The Morgan fingerprint density at radius 2 is 2.25 bits per heavy atom. The van der Waals surface area contributed by atoms with E-state index in [0.717, 1.165) is 50.9 Å². The molecule has 0 bridgehead atoms. The summed E-state index contributed by atoms with van der Waals surface area (Å²) in [5, 5.41) is 4.09. The predicted octanol–water partition coefficient (Wildman–Crippen LogP) is 1.14. The molecule has 0 spiro atoms. The van der Waals surface area contributed by atoms with Crippen LogP contribution in [0.25, 0.3) is 0 Å². The lowest BCUT2D eigenvalue weighted by Crippen LogP contribution is -2.40. The van der Waals surface area contributed by atoms with E-state index in [9.17, 15) is 0 Å². The highest BCUT2D eigenvalue weighted by Crippen LogP contribution is 2.45. The van der Waals surface area contributed by atoms with Crippen LogP contribution < -0.4 is 5.73 Å². The molecular formula is C13H22N4O2S. The number of hydrogen-bond donors (Lipinski definition) is 1. The van der Waals surface area contributed by atoms with Gasteiger partial charge in [0.25, 0.3) is 0 Å². The molecule has 2 unspecified atom stereocenters. The van der Waals surface area contributed by atoms with Gasteiger partial charge in [-0.15, -0.1) is 11.8 Å². The molecule has 1 aromatic rings. The van der Waals surface area contributed by atoms with Crippen LogP contribution in [0.1, 0.15) is 37.5 Å². The Kier molecular flexibility index (Phi) is 4.30. The maximum Gasteiger partial charge on any atom is 0.242 e. The van der Waals surface area contributed by atoms with Crippen molar-refractivity contribution in [2.45, 2.75) is 30.6 Å². The van der Waals surface area contributed by atoms with E-state index in [1.165, 1.54) is 6.42 Å². The molecule has 0 radical (unpaired) electrons. The SMILES string of the molecule is CC1(c2nc(C(N)CN3CCOCC3)no2)CCCS1. The lowest BCUT2D eigenvalue weighted by molar-refractivity contribution is 0.0348. The quantitative estimate of drug-likeness (QED) is 0.893. The summed E-state index contributed by atoms with van der Waals surface area (Å²) < 4.78 is 10.8. The number of nitrogens with two attached hydrogens (primary N) is 1. The summed E-state index contributed by atoms with van der Waals surface area (Å²) in [6.07, 6.45) is 2.30. The van der Waals surface area contributed by atoms with E-state index in [-0.39, 0.29) is 10.8 Å². The molecule has 2 aliphatic rings. The molecule has 0 aromatic carbocycles. The minimum atomic E-state index is -0.194. The Morgan fingerprint density at radius 3 is 2.95 bits per heavy atom. The van der Waals surface area contributed by atoms with Crippen LogP contribution in [-0.4, -0.2) is 53.6 Å². The summed E-state index contributed by atoms with van der Waals surface area (Å²) in [6, 6.07) is -0.194. The van der Waals surface area contributed by atoms with Crippen LogP contribution >= 0.6 is 11.8 Å². The topological polar surface area (TPSA) is 77.4 Å². The van der Waals surface area contributed by atoms with Gasteiger partial charge in [0.05, 0.1) is 24.0 Å². The molecule has 0 saturated carbocycles. The van der Waals surface area contributed by atoms with Crippen LogP contribution in [0.2, 0.25) is 0 Å². The lowest BCUT2D eigenvalue weighted by Gasteiger charge is -2.27. The van der Waals surface area contributed by atoms with Gasteiger partial charge >= 0.3 is 0 Å². The van der Waals surface area contributed by atoms with E-state index >= 15 is 0 Å². The summed E-state index contributed by atoms with van der Waals surface area (Å²) >= 11 is 1.89. The van der Waals surface area contributed by atoms with Crippen molar-refractivity contribution < 1.29 is 9.26 Å². The van der Waals surface area contributed by atoms with Crippen molar-refractivity contribution in [3.63, 3.8) is 0 Å². The van der Waals surface area contributed by atoms with E-state index in [2.05, 4.69) is 22.0 Å². The molecule has 20 heavy (non-hydrogen) atoms. The molecule has 0 amide bonds. The van der Waals surface area contributed by atoms with Crippen LogP contribution in [0.5, 0.6) is 0 Å². The first-order valence-electron chi connectivity index (χ1n) is 7.21. The molecule has 2 N–H and O–H groups in total. The van der Waals surface area contributed by atoms with Crippen LogP contribution in [0, 0.1) is 0 Å². The third kappa shape index (κ3) is 3.00. The van der Waals surface area contributed by atoms with Crippen molar-refractivity contribution in [1.29, 1.82) is 0 Å². The van der Waals surface area contributed by atoms with Crippen LogP contribution in [0.4, 0.5) is 0 Å². The number of hydrogen-bond acceptors (Lipinski definition) is 7. The molecule has 1 aromatic heterocycles. The molecule has 3 heterocycles. The molecule has 2 aliphatic heterocycles. The molecule has 2 fully saturated rings. The number of aromatic nitrogens is 2. The molecule has 3 rings (SSSR count). The monoisotopic (exact) mass is 298 g/mol. The second-order valence-corrected chi connectivity index (χ2v) is 7.26. The third-order valence-electron chi connectivity index (χ3n) is 4.00. The molecule has 7 heteroatoms. The fraction of sp³-hybridized carbons (Fsp3) is 0.846. The normalized spacial score (nSPS) is 29.7. The number of nitrogens with zero attached hydrogens (tertiary/aromatic N) is 3. The van der Waals surface area contributed by atoms with Gasteiger partial charge in [-0.05, 0) is 25.5 Å². The zero-order valence-corrected chi connectivity index (χ0v) is 12.7. The minimum absolute atomic E-state index is 0.0239. The van der Waals surface area contributed by atoms with Crippen LogP contribution in [0.3, 0.4) is 0 Å². The van der Waals surface area contributed by atoms with Crippen LogP contribution in [-0.2, 0) is 9.48 Å². The summed E-state index contributed by atoms with van der Waals surface area (Å²) in [6.45, 7) is 6.33. The highest BCUT2D eigenvalue weighted by molar-refractivity contribution is 8.00. The molecular weight excluding hydrogens is 276 g/mol. The standard InChI is InChI=1S/C13H22N4O2S/c1-13(3-2-8-20-13)12-15-11(16-19-12)10(14)9-17-4-6-18-7-5-17/h10H,2-9,14H2,1H3. The van der Waals surface area contributed by atoms with E-state index < -0.39 is 0 Å². The van der Waals surface area contributed by atoms with Gasteiger partial charge in [-0.1, -0.05) is 5.16 Å². The average Bonchev–Trinajstić information content (AvgIpc) is 3.09. The largest absolute Gasteiger partial charge is 0.379 e. The first kappa shape index (κ1) is 14.3. The van der Waals surface area contributed by atoms with Crippen molar-refractivity contribution in [3.05, 3.63) is 11.7 Å². The number of morpholine rings is 1. The Bertz CT molecular complexity index is 441. The van der Waals surface area contributed by atoms with Gasteiger partial charge in [0.2, 0.25) is 5.89 Å². The summed E-state index contributed by atoms with van der Waals surface area (Å²) in [5.41, 5.74) is 6.21. The number of ether oxygens (including phenoxy) is 1. The zero-order chi connectivity index (χ0) is 14.0. The van der Waals surface area contributed by atoms with Crippen molar-refractivity contribution in [3.8, 4) is 0 Å². The fourth-order valence-electron chi connectivity index (χ4n) is 2.69. The lowest BCUT2D eigenvalue weighted by atomic mass is 10.1. The van der Waals surface area contributed by atoms with Gasteiger partial charge in [-0.3, -0.25) is 4.90 Å². The Labute approximate surface area is 123 Å². The Balaban J connectivity index is 1.63. The molecule has 2 saturated heterocycles. The van der Waals surface area contributed by atoms with Crippen molar-refractivity contribution in [1.82, 2.24) is 15.0 Å². The number of thioether (sulfide) groups is 1. The molecule has 0 aliphatic carbocycles. The van der Waals surface area contributed by atoms with Gasteiger partial charge in [-0.2, -0.15) is 4.98 Å². The van der Waals surface area contributed by atoms with Crippen molar-refractivity contribution in [2.75, 3.05) is 38.6 Å². The van der Waals surface area contributed by atoms with Crippen LogP contribution in [0.15, 0.2) is 4.52 Å². The predicted molar refractivity (Wildman–Crippen MR) is 77.5 cm³/mol. The fourth-order valence-corrected chi connectivity index (χ4v) is 3.93. The van der Waals surface area contributed by atoms with Crippen molar-refractivity contribution in [2.24, 2.45) is 5.73 Å². The highest BCUT2D eigenvalue weighted by atomic mass is 32.2. The zero-order valence-electron chi connectivity index (χ0n) is 11.9. The van der Waals surface area contributed by atoms with Gasteiger partial charge in [0, 0.05) is 19.6 Å². The maximum atomic E-state index is 6.21. The van der Waals surface area contributed by atoms with Crippen molar-refractivity contribution >= 4 is 11.8 Å². The summed E-state index contributed by atoms with van der Waals surface area (Å²) in [4.78, 5) is 6.84. The molecule has 6 nitrogen and oxygen atoms in total. The first-order chi connectivity index (χ1) is 9.67. The third-order valence-corrected chi connectivity index (χ3v) is 5.51. The smallest absolute Gasteiger partial charge is 0.242 e. The Hall–Kier alpha value is -0.630. The first-order valence-corrected chi connectivity index (χ1v) is 8.20. The average molecular weight is 298 g/mol. The van der Waals surface area contributed by atoms with E-state index in [4.69, 9.17) is 15.0 Å². The van der Waals surface area contributed by atoms with Gasteiger partial charge in [-0.25, -0.2) is 0 Å². The molecule has 2 atom stereocenters. The van der Waals surface area contributed by atoms with Gasteiger partial charge in [0.15, 0.2) is 5.82 Å². The summed E-state index contributed by atoms with van der Waals surface area (Å²) in [7, 11) is 0. The highest BCUT2D eigenvalue weighted by Gasteiger charge is 2.37. The van der Waals surface area contributed by atoms with Gasteiger partial charge < -0.3 is 15.0 Å².